The Kier molecular flexibility index (Phi) is 7.46. The van der Waals surface area contributed by atoms with E-state index in [1.165, 1.54) is 82.7 Å². The Balaban J connectivity index is 1.20. The summed E-state index contributed by atoms with van der Waals surface area (Å²) in [5.41, 5.74) is 2.69. The SMILES string of the molecule is C[C@@H]([C@H]1CC[C@H]2[C@@H]3CC[C@H]4C[C@@H](N(C)CCCc5ccccc5)CC[C@]4(C)[C@H]3CC[C@]12C)N(C)C. The highest BCUT2D eigenvalue weighted by molar-refractivity contribution is 5.15. The van der Waals surface area contributed by atoms with Crippen molar-refractivity contribution in [1.82, 2.24) is 9.80 Å². The zero-order valence-electron chi connectivity index (χ0n) is 23.8. The van der Waals surface area contributed by atoms with E-state index in [1.807, 2.05) is 0 Å². The Morgan fingerprint density at radius 3 is 2.31 bits per heavy atom. The predicted molar refractivity (Wildman–Crippen MR) is 150 cm³/mol. The van der Waals surface area contributed by atoms with Crippen LogP contribution in [-0.4, -0.2) is 49.6 Å². The van der Waals surface area contributed by atoms with E-state index in [2.05, 4.69) is 82.0 Å². The molecule has 1 aromatic rings. The highest BCUT2D eigenvalue weighted by Crippen LogP contribution is 2.68. The molecule has 4 saturated carbocycles. The fourth-order valence-electron chi connectivity index (χ4n) is 10.2. The van der Waals surface area contributed by atoms with Crippen LogP contribution in [0.2, 0.25) is 0 Å². The summed E-state index contributed by atoms with van der Waals surface area (Å²) in [6.07, 6.45) is 15.9. The molecule has 0 radical (unpaired) electrons. The van der Waals surface area contributed by atoms with Gasteiger partial charge in [-0.15, -0.1) is 0 Å². The first-order valence-corrected chi connectivity index (χ1v) is 15.1. The summed E-state index contributed by atoms with van der Waals surface area (Å²) in [5, 5.41) is 0. The second-order valence-electron chi connectivity index (χ2n) is 14.1. The number of hydrogen-bond donors (Lipinski definition) is 0. The minimum atomic E-state index is 0.588. The van der Waals surface area contributed by atoms with Gasteiger partial charge in [-0.1, -0.05) is 44.2 Å². The normalized spacial score (nSPS) is 41.9. The summed E-state index contributed by atoms with van der Waals surface area (Å²) in [6, 6.07) is 12.6. The van der Waals surface area contributed by atoms with Crippen molar-refractivity contribution in [2.24, 2.45) is 40.4 Å². The molecule has 4 aliphatic rings. The average molecular weight is 479 g/mol. The van der Waals surface area contributed by atoms with Crippen LogP contribution >= 0.6 is 0 Å². The third-order valence-corrected chi connectivity index (χ3v) is 12.6. The minimum absolute atomic E-state index is 0.588. The second kappa shape index (κ2) is 10.1. The molecule has 2 nitrogen and oxygen atoms in total. The van der Waals surface area contributed by atoms with E-state index in [9.17, 15) is 0 Å². The number of nitrogens with zero attached hydrogens (tertiary/aromatic N) is 2. The minimum Gasteiger partial charge on any atom is -0.306 e. The standard InChI is InChI=1S/C33H54N2/c1-24(34(4)5)29-16-17-30-28-15-14-26-23-27(35(6)22-10-13-25-11-8-7-9-12-25)18-20-32(26,2)31(28)19-21-33(29,30)3/h7-9,11-12,24,26-31H,10,13-23H2,1-6H3/t24-,26-,27-,28-,29+,30-,31-,32-,33+/m0/s1. The van der Waals surface area contributed by atoms with Gasteiger partial charge in [0.1, 0.15) is 0 Å². The van der Waals surface area contributed by atoms with Crippen LogP contribution in [0, 0.1) is 40.4 Å². The fraction of sp³-hybridized carbons (Fsp3) is 0.818. The molecule has 0 aromatic heterocycles. The van der Waals surface area contributed by atoms with Crippen molar-refractivity contribution in [2.75, 3.05) is 27.7 Å². The van der Waals surface area contributed by atoms with Crippen LogP contribution in [0.5, 0.6) is 0 Å². The Morgan fingerprint density at radius 2 is 1.57 bits per heavy atom. The average Bonchev–Trinajstić information content (AvgIpc) is 3.20. The Labute approximate surface area is 217 Å². The largest absolute Gasteiger partial charge is 0.306 e. The van der Waals surface area contributed by atoms with Gasteiger partial charge in [0.25, 0.3) is 0 Å². The van der Waals surface area contributed by atoms with Crippen molar-refractivity contribution in [2.45, 2.75) is 103 Å². The van der Waals surface area contributed by atoms with E-state index in [0.717, 1.165) is 41.7 Å². The lowest BCUT2D eigenvalue weighted by Crippen LogP contribution is -2.56. The monoisotopic (exact) mass is 478 g/mol. The third-order valence-electron chi connectivity index (χ3n) is 12.6. The number of rotatable bonds is 7. The van der Waals surface area contributed by atoms with Gasteiger partial charge >= 0.3 is 0 Å². The van der Waals surface area contributed by atoms with Crippen LogP contribution in [0.25, 0.3) is 0 Å². The van der Waals surface area contributed by atoms with Gasteiger partial charge in [-0.05, 0) is 151 Å². The molecule has 0 aliphatic heterocycles. The molecule has 9 atom stereocenters. The maximum Gasteiger partial charge on any atom is 0.00952 e. The third kappa shape index (κ3) is 4.65. The van der Waals surface area contributed by atoms with Crippen LogP contribution in [0.4, 0.5) is 0 Å². The molecular formula is C33H54N2. The lowest BCUT2D eigenvalue weighted by molar-refractivity contribution is -0.123. The molecule has 196 valence electrons. The van der Waals surface area contributed by atoms with Crippen LogP contribution in [-0.2, 0) is 6.42 Å². The molecule has 0 N–H and O–H groups in total. The van der Waals surface area contributed by atoms with Gasteiger partial charge in [0, 0.05) is 12.1 Å². The van der Waals surface area contributed by atoms with Crippen molar-refractivity contribution in [3.63, 3.8) is 0 Å². The van der Waals surface area contributed by atoms with Gasteiger partial charge in [0.15, 0.2) is 0 Å². The fourth-order valence-corrected chi connectivity index (χ4v) is 10.2. The molecule has 1 aromatic carbocycles. The van der Waals surface area contributed by atoms with Gasteiger partial charge in [0.2, 0.25) is 0 Å². The maximum absolute atomic E-state index is 2.75. The van der Waals surface area contributed by atoms with Crippen LogP contribution in [0.1, 0.15) is 90.5 Å². The van der Waals surface area contributed by atoms with E-state index in [4.69, 9.17) is 0 Å². The van der Waals surface area contributed by atoms with Gasteiger partial charge in [0.05, 0.1) is 0 Å². The smallest absolute Gasteiger partial charge is 0.00952 e. The summed E-state index contributed by atoms with van der Waals surface area (Å²) < 4.78 is 0. The van der Waals surface area contributed by atoms with Gasteiger partial charge in [-0.2, -0.15) is 0 Å². The summed E-state index contributed by atoms with van der Waals surface area (Å²) in [7, 11) is 7.02. The Morgan fingerprint density at radius 1 is 0.857 bits per heavy atom. The zero-order valence-corrected chi connectivity index (χ0v) is 23.8. The molecule has 0 heterocycles. The lowest BCUT2D eigenvalue weighted by Gasteiger charge is -2.62. The molecule has 4 fully saturated rings. The summed E-state index contributed by atoms with van der Waals surface area (Å²) >= 11 is 0. The van der Waals surface area contributed by atoms with Crippen molar-refractivity contribution in [3.8, 4) is 0 Å². The molecule has 4 aliphatic carbocycles. The van der Waals surface area contributed by atoms with Gasteiger partial charge in [-0.3, -0.25) is 0 Å². The topological polar surface area (TPSA) is 6.48 Å². The molecule has 0 spiro atoms. The zero-order chi connectivity index (χ0) is 24.8. The lowest BCUT2D eigenvalue weighted by atomic mass is 9.44. The van der Waals surface area contributed by atoms with Crippen molar-refractivity contribution in [3.05, 3.63) is 35.9 Å². The number of hydrogen-bond acceptors (Lipinski definition) is 2. The quantitative estimate of drug-likeness (QED) is 0.399. The Hall–Kier alpha value is -0.860. The molecule has 0 amide bonds. The molecule has 5 rings (SSSR count). The highest BCUT2D eigenvalue weighted by Gasteiger charge is 2.60. The van der Waals surface area contributed by atoms with E-state index in [-0.39, 0.29) is 0 Å². The van der Waals surface area contributed by atoms with E-state index in [1.54, 1.807) is 0 Å². The number of benzene rings is 1. The van der Waals surface area contributed by atoms with Crippen molar-refractivity contribution in [1.29, 1.82) is 0 Å². The first-order chi connectivity index (χ1) is 16.7. The summed E-state index contributed by atoms with van der Waals surface area (Å²) in [5.74, 6) is 4.85. The molecule has 2 heteroatoms. The van der Waals surface area contributed by atoms with E-state index < -0.39 is 0 Å². The number of aryl methyl sites for hydroxylation is 1. The molecule has 35 heavy (non-hydrogen) atoms. The molecule has 0 unspecified atom stereocenters. The second-order valence-corrected chi connectivity index (χ2v) is 14.1. The van der Waals surface area contributed by atoms with Gasteiger partial charge < -0.3 is 9.80 Å². The predicted octanol–water partition coefficient (Wildman–Crippen LogP) is 7.53. The Bertz CT molecular complexity index is 835. The van der Waals surface area contributed by atoms with Crippen molar-refractivity contribution < 1.29 is 0 Å². The van der Waals surface area contributed by atoms with Crippen LogP contribution in [0.15, 0.2) is 30.3 Å². The maximum atomic E-state index is 2.75. The van der Waals surface area contributed by atoms with E-state index >= 15 is 0 Å². The first-order valence-electron chi connectivity index (χ1n) is 15.1. The van der Waals surface area contributed by atoms with Crippen LogP contribution in [0.3, 0.4) is 0 Å². The number of fused-ring (bicyclic) bond motifs is 5. The highest BCUT2D eigenvalue weighted by atomic mass is 15.1. The summed E-state index contributed by atoms with van der Waals surface area (Å²) in [6.45, 7) is 9.21. The molecular weight excluding hydrogens is 424 g/mol. The molecule has 0 bridgehead atoms. The van der Waals surface area contributed by atoms with Gasteiger partial charge in [-0.25, -0.2) is 0 Å². The first kappa shape index (κ1) is 25.8. The summed E-state index contributed by atoms with van der Waals surface area (Å²) in [4.78, 5) is 5.23. The van der Waals surface area contributed by atoms with Crippen molar-refractivity contribution >= 4 is 0 Å². The van der Waals surface area contributed by atoms with E-state index in [0.29, 0.717) is 10.8 Å². The van der Waals surface area contributed by atoms with Crippen LogP contribution < -0.4 is 0 Å². The molecule has 0 saturated heterocycles.